The molecular weight excluding hydrogens is 286 g/mol. The van der Waals surface area contributed by atoms with Crippen molar-refractivity contribution in [3.8, 4) is 0 Å². The summed E-state index contributed by atoms with van der Waals surface area (Å²) in [5.41, 5.74) is 4.97. The fourth-order valence-corrected chi connectivity index (χ4v) is 2.98. The Morgan fingerprint density at radius 2 is 1.96 bits per heavy atom. The van der Waals surface area contributed by atoms with Crippen LogP contribution >= 0.6 is 0 Å². The Balaban J connectivity index is 1.71. The third kappa shape index (κ3) is 3.82. The number of piperidine rings is 1. The lowest BCUT2D eigenvalue weighted by molar-refractivity contribution is 0.145. The van der Waals surface area contributed by atoms with Gasteiger partial charge in [-0.2, -0.15) is 0 Å². The van der Waals surface area contributed by atoms with Gasteiger partial charge in [0.25, 0.3) is 0 Å². The Bertz CT molecular complexity index is 663. The summed E-state index contributed by atoms with van der Waals surface area (Å²) in [5.74, 6) is 0.989. The fourth-order valence-electron chi connectivity index (χ4n) is 2.98. The molecule has 0 amide bonds. The van der Waals surface area contributed by atoms with Gasteiger partial charge in [0.2, 0.25) is 0 Å². The number of aryl methyl sites for hydroxylation is 2. The van der Waals surface area contributed by atoms with E-state index in [0.29, 0.717) is 0 Å². The van der Waals surface area contributed by atoms with E-state index in [-0.39, 0.29) is 6.10 Å². The van der Waals surface area contributed by atoms with Crippen molar-refractivity contribution in [2.75, 3.05) is 23.3 Å². The van der Waals surface area contributed by atoms with Crippen LogP contribution in [-0.4, -0.2) is 29.3 Å². The van der Waals surface area contributed by atoms with Crippen LogP contribution in [0.15, 0.2) is 36.5 Å². The van der Waals surface area contributed by atoms with Crippen LogP contribution in [0.5, 0.6) is 0 Å². The number of hydrogen-bond donors (Lipinski definition) is 2. The largest absolute Gasteiger partial charge is 0.393 e. The van der Waals surface area contributed by atoms with Crippen molar-refractivity contribution in [1.29, 1.82) is 0 Å². The van der Waals surface area contributed by atoms with Crippen LogP contribution in [0.3, 0.4) is 0 Å². The Hall–Kier alpha value is -2.07. The van der Waals surface area contributed by atoms with Crippen molar-refractivity contribution in [2.45, 2.75) is 39.3 Å². The second-order valence-corrected chi connectivity index (χ2v) is 6.36. The van der Waals surface area contributed by atoms with Gasteiger partial charge in [0.1, 0.15) is 0 Å². The molecule has 1 aromatic heterocycles. The fraction of sp³-hybridized carbons (Fsp3) is 0.421. The quantitative estimate of drug-likeness (QED) is 0.910. The summed E-state index contributed by atoms with van der Waals surface area (Å²) in [6.45, 7) is 6.78. The number of nitrogens with zero attached hydrogens (tertiary/aromatic N) is 2. The molecule has 4 nitrogen and oxygen atoms in total. The van der Waals surface area contributed by atoms with Gasteiger partial charge in [0.15, 0.2) is 5.82 Å². The molecule has 0 radical (unpaired) electrons. The molecule has 0 unspecified atom stereocenters. The zero-order valence-corrected chi connectivity index (χ0v) is 13.9. The zero-order valence-electron chi connectivity index (χ0n) is 13.9. The molecule has 23 heavy (non-hydrogen) atoms. The van der Waals surface area contributed by atoms with Crippen LogP contribution < -0.4 is 10.2 Å². The van der Waals surface area contributed by atoms with E-state index in [4.69, 9.17) is 0 Å². The van der Waals surface area contributed by atoms with Crippen LogP contribution in [0.1, 0.15) is 29.5 Å². The van der Waals surface area contributed by atoms with Gasteiger partial charge in [0, 0.05) is 25.8 Å². The number of aliphatic hydroxyl groups is 1. The highest BCUT2D eigenvalue weighted by molar-refractivity contribution is 5.65. The predicted molar refractivity (Wildman–Crippen MR) is 94.9 cm³/mol. The molecule has 0 bridgehead atoms. The SMILES string of the molecule is Cc1ccc(CNc2cccnc2N2CCC(O)CC2)cc1C. The lowest BCUT2D eigenvalue weighted by Crippen LogP contribution is -2.36. The molecule has 0 spiro atoms. The third-order valence-corrected chi connectivity index (χ3v) is 4.60. The smallest absolute Gasteiger partial charge is 0.151 e. The molecule has 0 atom stereocenters. The first kappa shape index (κ1) is 15.8. The maximum absolute atomic E-state index is 9.68. The van der Waals surface area contributed by atoms with Gasteiger partial charge in [-0.3, -0.25) is 0 Å². The van der Waals surface area contributed by atoms with E-state index in [1.807, 2.05) is 12.3 Å². The van der Waals surface area contributed by atoms with Crippen LogP contribution in [0.4, 0.5) is 11.5 Å². The summed E-state index contributed by atoms with van der Waals surface area (Å²) in [6, 6.07) is 10.6. The molecular formula is C19H25N3O. The molecule has 1 aliphatic heterocycles. The first-order valence-corrected chi connectivity index (χ1v) is 8.31. The zero-order chi connectivity index (χ0) is 16.2. The molecule has 4 heteroatoms. The topological polar surface area (TPSA) is 48.4 Å². The number of rotatable bonds is 4. The molecule has 2 heterocycles. The molecule has 0 saturated carbocycles. The first-order chi connectivity index (χ1) is 11.1. The van der Waals surface area contributed by atoms with E-state index in [1.54, 1.807) is 0 Å². The number of aromatic nitrogens is 1. The van der Waals surface area contributed by atoms with Gasteiger partial charge in [-0.05, 0) is 55.5 Å². The molecule has 2 N–H and O–H groups in total. The lowest BCUT2D eigenvalue weighted by atomic mass is 10.1. The van der Waals surface area contributed by atoms with E-state index >= 15 is 0 Å². The highest BCUT2D eigenvalue weighted by Gasteiger charge is 2.20. The minimum absolute atomic E-state index is 0.165. The number of benzene rings is 1. The Morgan fingerprint density at radius 3 is 2.70 bits per heavy atom. The molecule has 1 saturated heterocycles. The maximum atomic E-state index is 9.68. The summed E-state index contributed by atoms with van der Waals surface area (Å²) >= 11 is 0. The van der Waals surface area contributed by atoms with E-state index in [0.717, 1.165) is 44.0 Å². The number of aliphatic hydroxyl groups excluding tert-OH is 1. The van der Waals surface area contributed by atoms with Crippen molar-refractivity contribution in [1.82, 2.24) is 4.98 Å². The standard InChI is InChI=1S/C19H25N3O/c1-14-5-6-16(12-15(14)2)13-21-18-4-3-9-20-19(18)22-10-7-17(23)8-11-22/h3-6,9,12,17,21,23H,7-8,10-11,13H2,1-2H3. The average molecular weight is 311 g/mol. The van der Waals surface area contributed by atoms with Gasteiger partial charge in [-0.25, -0.2) is 4.98 Å². The minimum Gasteiger partial charge on any atom is -0.393 e. The number of hydrogen-bond acceptors (Lipinski definition) is 4. The van der Waals surface area contributed by atoms with Gasteiger partial charge in [0.05, 0.1) is 11.8 Å². The monoisotopic (exact) mass is 311 g/mol. The van der Waals surface area contributed by atoms with E-state index in [2.05, 4.69) is 53.3 Å². The van der Waals surface area contributed by atoms with Gasteiger partial charge < -0.3 is 15.3 Å². The van der Waals surface area contributed by atoms with Gasteiger partial charge >= 0.3 is 0 Å². The number of anilines is 2. The normalized spacial score (nSPS) is 15.7. The van der Waals surface area contributed by atoms with Crippen molar-refractivity contribution in [3.63, 3.8) is 0 Å². The van der Waals surface area contributed by atoms with Gasteiger partial charge in [-0.15, -0.1) is 0 Å². The molecule has 1 fully saturated rings. The van der Waals surface area contributed by atoms with E-state index < -0.39 is 0 Å². The van der Waals surface area contributed by atoms with Crippen LogP contribution in [-0.2, 0) is 6.54 Å². The van der Waals surface area contributed by atoms with Crippen LogP contribution in [0, 0.1) is 13.8 Å². The van der Waals surface area contributed by atoms with Crippen molar-refractivity contribution in [3.05, 3.63) is 53.2 Å². The summed E-state index contributed by atoms with van der Waals surface area (Å²) in [4.78, 5) is 6.81. The number of nitrogens with one attached hydrogen (secondary N) is 1. The molecule has 0 aliphatic carbocycles. The second-order valence-electron chi connectivity index (χ2n) is 6.36. The summed E-state index contributed by atoms with van der Waals surface area (Å²) in [6.07, 6.45) is 3.30. The molecule has 3 rings (SSSR count). The Kier molecular flexibility index (Phi) is 4.82. The minimum atomic E-state index is -0.165. The number of pyridine rings is 1. The molecule has 2 aromatic rings. The highest BCUT2D eigenvalue weighted by atomic mass is 16.3. The highest BCUT2D eigenvalue weighted by Crippen LogP contribution is 2.26. The van der Waals surface area contributed by atoms with Crippen molar-refractivity contribution < 1.29 is 5.11 Å². The first-order valence-electron chi connectivity index (χ1n) is 8.31. The third-order valence-electron chi connectivity index (χ3n) is 4.60. The Morgan fingerprint density at radius 1 is 1.17 bits per heavy atom. The second kappa shape index (κ2) is 7.01. The Labute approximate surface area is 138 Å². The summed E-state index contributed by atoms with van der Waals surface area (Å²) in [7, 11) is 0. The predicted octanol–water partition coefficient (Wildman–Crippen LogP) is 3.27. The summed E-state index contributed by atoms with van der Waals surface area (Å²) < 4.78 is 0. The van der Waals surface area contributed by atoms with Crippen LogP contribution in [0.25, 0.3) is 0 Å². The maximum Gasteiger partial charge on any atom is 0.151 e. The van der Waals surface area contributed by atoms with Crippen LogP contribution in [0.2, 0.25) is 0 Å². The molecule has 1 aromatic carbocycles. The van der Waals surface area contributed by atoms with E-state index in [1.165, 1.54) is 16.7 Å². The average Bonchev–Trinajstić information content (AvgIpc) is 2.57. The molecule has 1 aliphatic rings. The lowest BCUT2D eigenvalue weighted by Gasteiger charge is -2.31. The van der Waals surface area contributed by atoms with Gasteiger partial charge in [-0.1, -0.05) is 18.2 Å². The summed E-state index contributed by atoms with van der Waals surface area (Å²) in [5, 5.41) is 13.2. The van der Waals surface area contributed by atoms with Crippen molar-refractivity contribution in [2.24, 2.45) is 0 Å². The van der Waals surface area contributed by atoms with Crippen molar-refractivity contribution >= 4 is 11.5 Å². The molecule has 122 valence electrons. The van der Waals surface area contributed by atoms with E-state index in [9.17, 15) is 5.11 Å².